The van der Waals surface area contributed by atoms with Gasteiger partial charge in [-0.3, -0.25) is 4.79 Å². The molecule has 1 aromatic carbocycles. The second-order valence-corrected chi connectivity index (χ2v) is 6.15. The number of carbonyl (C=O) groups excluding carboxylic acids is 1. The predicted octanol–water partition coefficient (Wildman–Crippen LogP) is 3.54. The van der Waals surface area contributed by atoms with E-state index in [0.717, 1.165) is 5.56 Å². The van der Waals surface area contributed by atoms with Crippen LogP contribution in [0.3, 0.4) is 0 Å². The van der Waals surface area contributed by atoms with E-state index in [1.54, 1.807) is 50.4 Å². The SMILES string of the molecule is CC(C)(C(=O)OCCNc1ncccc1C#N)c1cccc(Cl)c1. The van der Waals surface area contributed by atoms with Crippen molar-refractivity contribution in [3.63, 3.8) is 0 Å². The van der Waals surface area contributed by atoms with Gasteiger partial charge in [0.25, 0.3) is 0 Å². The molecule has 124 valence electrons. The number of hydrogen-bond acceptors (Lipinski definition) is 5. The second-order valence-electron chi connectivity index (χ2n) is 5.71. The minimum Gasteiger partial charge on any atom is -0.463 e. The first-order chi connectivity index (χ1) is 11.4. The molecule has 2 rings (SSSR count). The molecule has 2 aromatic rings. The Balaban J connectivity index is 1.90. The Morgan fingerprint density at radius 1 is 1.38 bits per heavy atom. The van der Waals surface area contributed by atoms with E-state index in [9.17, 15) is 4.79 Å². The van der Waals surface area contributed by atoms with Crippen molar-refractivity contribution in [3.05, 3.63) is 58.7 Å². The molecular formula is C18H18ClN3O2. The van der Waals surface area contributed by atoms with E-state index < -0.39 is 5.41 Å². The minimum atomic E-state index is -0.798. The van der Waals surface area contributed by atoms with Gasteiger partial charge in [0.2, 0.25) is 0 Å². The molecule has 0 bridgehead atoms. The van der Waals surface area contributed by atoms with Gasteiger partial charge in [0.1, 0.15) is 18.5 Å². The molecule has 5 nitrogen and oxygen atoms in total. The third kappa shape index (κ3) is 4.24. The summed E-state index contributed by atoms with van der Waals surface area (Å²) in [5, 5.41) is 12.6. The number of hydrogen-bond donors (Lipinski definition) is 1. The molecule has 0 spiro atoms. The summed E-state index contributed by atoms with van der Waals surface area (Å²) in [6, 6.07) is 12.6. The number of aromatic nitrogens is 1. The molecule has 1 heterocycles. The van der Waals surface area contributed by atoms with Gasteiger partial charge in [-0.05, 0) is 43.7 Å². The third-order valence-corrected chi connectivity index (χ3v) is 3.85. The number of halogens is 1. The first-order valence-corrected chi connectivity index (χ1v) is 7.85. The normalized spacial score (nSPS) is 10.8. The van der Waals surface area contributed by atoms with Gasteiger partial charge in [-0.2, -0.15) is 5.26 Å². The molecule has 0 atom stereocenters. The van der Waals surface area contributed by atoms with Crippen LogP contribution in [-0.4, -0.2) is 24.1 Å². The first kappa shape index (κ1) is 17.8. The summed E-state index contributed by atoms with van der Waals surface area (Å²) in [4.78, 5) is 16.4. The van der Waals surface area contributed by atoms with Crippen LogP contribution in [-0.2, 0) is 14.9 Å². The number of benzene rings is 1. The van der Waals surface area contributed by atoms with E-state index in [2.05, 4.69) is 16.4 Å². The number of rotatable bonds is 6. The Labute approximate surface area is 146 Å². The summed E-state index contributed by atoms with van der Waals surface area (Å²) < 4.78 is 5.34. The predicted molar refractivity (Wildman–Crippen MR) is 92.9 cm³/mol. The lowest BCUT2D eigenvalue weighted by molar-refractivity contribution is -0.148. The average molecular weight is 344 g/mol. The molecule has 0 aliphatic rings. The monoisotopic (exact) mass is 343 g/mol. The van der Waals surface area contributed by atoms with Crippen LogP contribution in [0.25, 0.3) is 0 Å². The van der Waals surface area contributed by atoms with Gasteiger partial charge in [0.05, 0.1) is 17.5 Å². The van der Waals surface area contributed by atoms with Crippen LogP contribution in [0.1, 0.15) is 25.0 Å². The zero-order valence-corrected chi connectivity index (χ0v) is 14.3. The van der Waals surface area contributed by atoms with Crippen molar-refractivity contribution in [1.29, 1.82) is 5.26 Å². The lowest BCUT2D eigenvalue weighted by atomic mass is 9.85. The smallest absolute Gasteiger partial charge is 0.316 e. The summed E-state index contributed by atoms with van der Waals surface area (Å²) >= 11 is 5.98. The molecule has 0 amide bonds. The van der Waals surface area contributed by atoms with Gasteiger partial charge in [-0.15, -0.1) is 0 Å². The summed E-state index contributed by atoms with van der Waals surface area (Å²) in [6.45, 7) is 4.12. The van der Waals surface area contributed by atoms with E-state index in [0.29, 0.717) is 22.9 Å². The Morgan fingerprint density at radius 3 is 2.88 bits per heavy atom. The number of pyridine rings is 1. The fraction of sp³-hybridized carbons (Fsp3) is 0.278. The van der Waals surface area contributed by atoms with E-state index in [-0.39, 0.29) is 12.6 Å². The second kappa shape index (κ2) is 7.80. The highest BCUT2D eigenvalue weighted by Gasteiger charge is 2.31. The fourth-order valence-electron chi connectivity index (χ4n) is 2.13. The van der Waals surface area contributed by atoms with Crippen LogP contribution in [0.5, 0.6) is 0 Å². The summed E-state index contributed by atoms with van der Waals surface area (Å²) in [7, 11) is 0. The van der Waals surface area contributed by atoms with Crippen LogP contribution in [0, 0.1) is 11.3 Å². The number of nitrogens with one attached hydrogen (secondary N) is 1. The molecule has 0 aliphatic heterocycles. The standard InChI is InChI=1S/C18H18ClN3O2/c1-18(2,14-6-3-7-15(19)11-14)17(23)24-10-9-22-16-13(12-20)5-4-8-21-16/h3-8,11H,9-10H2,1-2H3,(H,21,22). The summed E-state index contributed by atoms with van der Waals surface area (Å²) in [5.41, 5.74) is 0.445. The quantitative estimate of drug-likeness (QED) is 0.641. The molecule has 0 unspecified atom stereocenters. The lowest BCUT2D eigenvalue weighted by Crippen LogP contribution is -2.32. The summed E-state index contributed by atoms with van der Waals surface area (Å²) in [5.74, 6) is 0.137. The van der Waals surface area contributed by atoms with Crippen molar-refractivity contribution in [2.75, 3.05) is 18.5 Å². The molecular weight excluding hydrogens is 326 g/mol. The third-order valence-electron chi connectivity index (χ3n) is 3.61. The van der Waals surface area contributed by atoms with Gasteiger partial charge in [-0.25, -0.2) is 4.98 Å². The van der Waals surface area contributed by atoms with E-state index in [1.807, 2.05) is 6.07 Å². The van der Waals surface area contributed by atoms with Gasteiger partial charge in [0, 0.05) is 11.2 Å². The molecule has 0 saturated heterocycles. The minimum absolute atomic E-state index is 0.171. The van der Waals surface area contributed by atoms with Crippen LogP contribution >= 0.6 is 11.6 Å². The Kier molecular flexibility index (Phi) is 5.78. The molecule has 0 fully saturated rings. The molecule has 0 radical (unpaired) electrons. The van der Waals surface area contributed by atoms with Crippen molar-refractivity contribution >= 4 is 23.4 Å². The maximum Gasteiger partial charge on any atom is 0.316 e. The number of esters is 1. The van der Waals surface area contributed by atoms with E-state index in [4.69, 9.17) is 21.6 Å². The largest absolute Gasteiger partial charge is 0.463 e. The van der Waals surface area contributed by atoms with E-state index >= 15 is 0 Å². The molecule has 24 heavy (non-hydrogen) atoms. The summed E-state index contributed by atoms with van der Waals surface area (Å²) in [6.07, 6.45) is 1.59. The maximum atomic E-state index is 12.3. The van der Waals surface area contributed by atoms with Crippen molar-refractivity contribution in [2.45, 2.75) is 19.3 Å². The molecule has 1 aromatic heterocycles. The van der Waals surface area contributed by atoms with Crippen molar-refractivity contribution < 1.29 is 9.53 Å². The van der Waals surface area contributed by atoms with Crippen molar-refractivity contribution in [2.24, 2.45) is 0 Å². The van der Waals surface area contributed by atoms with Crippen LogP contribution in [0.4, 0.5) is 5.82 Å². The van der Waals surface area contributed by atoms with Crippen molar-refractivity contribution in [3.8, 4) is 6.07 Å². The first-order valence-electron chi connectivity index (χ1n) is 7.47. The van der Waals surface area contributed by atoms with Gasteiger partial charge in [-0.1, -0.05) is 23.7 Å². The molecule has 0 saturated carbocycles. The molecule has 0 aliphatic carbocycles. The highest BCUT2D eigenvalue weighted by Crippen LogP contribution is 2.26. The Hall–Kier alpha value is -2.58. The number of anilines is 1. The Morgan fingerprint density at radius 2 is 2.17 bits per heavy atom. The van der Waals surface area contributed by atoms with Crippen LogP contribution < -0.4 is 5.32 Å². The number of nitriles is 1. The fourth-order valence-corrected chi connectivity index (χ4v) is 2.32. The topological polar surface area (TPSA) is 75.0 Å². The molecule has 6 heteroatoms. The van der Waals surface area contributed by atoms with Gasteiger partial charge >= 0.3 is 5.97 Å². The highest BCUT2D eigenvalue weighted by atomic mass is 35.5. The Bertz CT molecular complexity index is 769. The van der Waals surface area contributed by atoms with Crippen LogP contribution in [0.15, 0.2) is 42.6 Å². The maximum absolute atomic E-state index is 12.3. The van der Waals surface area contributed by atoms with E-state index in [1.165, 1.54) is 0 Å². The number of ether oxygens (including phenoxy) is 1. The average Bonchev–Trinajstić information content (AvgIpc) is 2.58. The highest BCUT2D eigenvalue weighted by molar-refractivity contribution is 6.30. The zero-order chi connectivity index (χ0) is 17.6. The zero-order valence-electron chi connectivity index (χ0n) is 13.5. The van der Waals surface area contributed by atoms with Gasteiger partial charge in [0.15, 0.2) is 0 Å². The van der Waals surface area contributed by atoms with Crippen molar-refractivity contribution in [1.82, 2.24) is 4.98 Å². The number of carbonyl (C=O) groups is 1. The lowest BCUT2D eigenvalue weighted by Gasteiger charge is -2.23. The molecule has 1 N–H and O–H groups in total. The number of nitrogens with zero attached hydrogens (tertiary/aromatic N) is 2. The van der Waals surface area contributed by atoms with Gasteiger partial charge < -0.3 is 10.1 Å². The van der Waals surface area contributed by atoms with Crippen LogP contribution in [0.2, 0.25) is 5.02 Å².